The standard InChI is InChI=1S/C7H17NO4S/c1-6(2)13(9,10)8-5-7(11-3)12-4/h6-8H,5H2,1-4H3. The second-order valence-corrected chi connectivity index (χ2v) is 5.16. The fraction of sp³-hybridized carbons (Fsp3) is 1.00. The maximum atomic E-state index is 11.2. The van der Waals surface area contributed by atoms with Gasteiger partial charge in [-0.2, -0.15) is 0 Å². The molecule has 5 nitrogen and oxygen atoms in total. The third-order valence-corrected chi connectivity index (χ3v) is 3.41. The Morgan fingerprint density at radius 1 is 1.23 bits per heavy atom. The molecule has 0 fully saturated rings. The highest BCUT2D eigenvalue weighted by atomic mass is 32.2. The maximum Gasteiger partial charge on any atom is 0.214 e. The molecule has 80 valence electrons. The Balaban J connectivity index is 4.01. The zero-order valence-electron chi connectivity index (χ0n) is 8.40. The van der Waals surface area contributed by atoms with Gasteiger partial charge in [0, 0.05) is 14.2 Å². The molecule has 13 heavy (non-hydrogen) atoms. The summed E-state index contributed by atoms with van der Waals surface area (Å²) >= 11 is 0. The summed E-state index contributed by atoms with van der Waals surface area (Å²) in [6.45, 7) is 3.35. The van der Waals surface area contributed by atoms with Gasteiger partial charge in [-0.05, 0) is 13.8 Å². The summed E-state index contributed by atoms with van der Waals surface area (Å²) in [5, 5.41) is -0.443. The first kappa shape index (κ1) is 12.8. The number of hydrogen-bond acceptors (Lipinski definition) is 4. The largest absolute Gasteiger partial charge is 0.355 e. The first-order chi connectivity index (χ1) is 5.94. The smallest absolute Gasteiger partial charge is 0.214 e. The highest BCUT2D eigenvalue weighted by molar-refractivity contribution is 7.90. The fourth-order valence-electron chi connectivity index (χ4n) is 0.614. The van der Waals surface area contributed by atoms with Crippen LogP contribution in [0.15, 0.2) is 0 Å². The minimum Gasteiger partial charge on any atom is -0.355 e. The summed E-state index contributed by atoms with van der Waals surface area (Å²) in [7, 11) is -0.311. The zero-order valence-corrected chi connectivity index (χ0v) is 9.22. The topological polar surface area (TPSA) is 64.6 Å². The van der Waals surface area contributed by atoms with Gasteiger partial charge in [0.05, 0.1) is 11.8 Å². The third kappa shape index (κ3) is 4.56. The van der Waals surface area contributed by atoms with E-state index in [9.17, 15) is 8.42 Å². The number of ether oxygens (including phenoxy) is 2. The van der Waals surface area contributed by atoms with E-state index in [4.69, 9.17) is 9.47 Å². The SMILES string of the molecule is COC(CNS(=O)(=O)C(C)C)OC. The van der Waals surface area contributed by atoms with Crippen LogP contribution in [0.1, 0.15) is 13.8 Å². The van der Waals surface area contributed by atoms with Crippen molar-refractivity contribution in [1.82, 2.24) is 4.72 Å². The highest BCUT2D eigenvalue weighted by Crippen LogP contribution is 1.97. The van der Waals surface area contributed by atoms with Crippen LogP contribution in [-0.4, -0.2) is 40.7 Å². The molecule has 0 radical (unpaired) electrons. The van der Waals surface area contributed by atoms with Crippen LogP contribution in [0, 0.1) is 0 Å². The number of sulfonamides is 1. The van der Waals surface area contributed by atoms with E-state index in [0.717, 1.165) is 0 Å². The molecule has 0 saturated carbocycles. The van der Waals surface area contributed by atoms with Gasteiger partial charge in [0.15, 0.2) is 6.29 Å². The van der Waals surface area contributed by atoms with E-state index in [2.05, 4.69) is 4.72 Å². The molecule has 0 atom stereocenters. The molecule has 0 saturated heterocycles. The molecule has 0 heterocycles. The predicted molar refractivity (Wildman–Crippen MR) is 49.9 cm³/mol. The van der Waals surface area contributed by atoms with Gasteiger partial charge in [-0.3, -0.25) is 0 Å². The van der Waals surface area contributed by atoms with Gasteiger partial charge in [0.25, 0.3) is 0 Å². The zero-order chi connectivity index (χ0) is 10.5. The van der Waals surface area contributed by atoms with Crippen molar-refractivity contribution >= 4 is 10.0 Å². The highest BCUT2D eigenvalue weighted by Gasteiger charge is 2.17. The van der Waals surface area contributed by atoms with Gasteiger partial charge in [-0.15, -0.1) is 0 Å². The Kier molecular flexibility index (Phi) is 5.46. The second-order valence-electron chi connectivity index (χ2n) is 2.84. The first-order valence-electron chi connectivity index (χ1n) is 3.98. The lowest BCUT2D eigenvalue weighted by molar-refractivity contribution is -0.0960. The lowest BCUT2D eigenvalue weighted by Crippen LogP contribution is -2.37. The molecule has 0 rings (SSSR count). The van der Waals surface area contributed by atoms with Crippen molar-refractivity contribution in [1.29, 1.82) is 0 Å². The quantitative estimate of drug-likeness (QED) is 0.625. The van der Waals surface area contributed by atoms with Crippen LogP contribution in [0.5, 0.6) is 0 Å². The summed E-state index contributed by atoms with van der Waals surface area (Å²) in [4.78, 5) is 0. The van der Waals surface area contributed by atoms with E-state index in [1.807, 2.05) is 0 Å². The molecule has 0 amide bonds. The van der Waals surface area contributed by atoms with Crippen LogP contribution in [-0.2, 0) is 19.5 Å². The molecule has 1 N–H and O–H groups in total. The minimum atomic E-state index is -3.22. The minimum absolute atomic E-state index is 0.132. The number of nitrogens with one attached hydrogen (secondary N) is 1. The van der Waals surface area contributed by atoms with Crippen molar-refractivity contribution in [2.75, 3.05) is 20.8 Å². The van der Waals surface area contributed by atoms with Crippen LogP contribution in [0.2, 0.25) is 0 Å². The van der Waals surface area contributed by atoms with E-state index in [1.165, 1.54) is 14.2 Å². The maximum absolute atomic E-state index is 11.2. The van der Waals surface area contributed by atoms with Crippen LogP contribution < -0.4 is 4.72 Å². The van der Waals surface area contributed by atoms with Gasteiger partial charge < -0.3 is 9.47 Å². The van der Waals surface area contributed by atoms with E-state index in [1.54, 1.807) is 13.8 Å². The molecular weight excluding hydrogens is 194 g/mol. The Morgan fingerprint density at radius 2 is 1.69 bits per heavy atom. The Labute approximate surface area is 79.5 Å². The molecule has 0 aromatic carbocycles. The van der Waals surface area contributed by atoms with Gasteiger partial charge in [0.2, 0.25) is 10.0 Å². The summed E-state index contributed by atoms with van der Waals surface area (Å²) in [5.41, 5.74) is 0. The Morgan fingerprint density at radius 3 is 2.00 bits per heavy atom. The van der Waals surface area contributed by atoms with Crippen molar-refractivity contribution in [3.63, 3.8) is 0 Å². The van der Waals surface area contributed by atoms with Crippen LogP contribution in [0.4, 0.5) is 0 Å². The summed E-state index contributed by atoms with van der Waals surface area (Å²) in [6.07, 6.45) is -0.534. The summed E-state index contributed by atoms with van der Waals surface area (Å²) in [5.74, 6) is 0. The van der Waals surface area contributed by atoms with E-state index >= 15 is 0 Å². The molecular formula is C7H17NO4S. The van der Waals surface area contributed by atoms with Gasteiger partial charge in [0.1, 0.15) is 0 Å². The third-order valence-electron chi connectivity index (χ3n) is 1.60. The lowest BCUT2D eigenvalue weighted by atomic mass is 10.6. The van der Waals surface area contributed by atoms with E-state index < -0.39 is 21.6 Å². The Bertz CT molecular complexity index is 221. The molecule has 0 spiro atoms. The van der Waals surface area contributed by atoms with Crippen LogP contribution in [0.25, 0.3) is 0 Å². The molecule has 0 aromatic heterocycles. The van der Waals surface area contributed by atoms with Crippen LogP contribution >= 0.6 is 0 Å². The average molecular weight is 211 g/mol. The lowest BCUT2D eigenvalue weighted by Gasteiger charge is -2.15. The predicted octanol–water partition coefficient (Wildman–Crippen LogP) is -0.0669. The van der Waals surface area contributed by atoms with Crippen molar-refractivity contribution in [2.24, 2.45) is 0 Å². The van der Waals surface area contributed by atoms with Crippen molar-refractivity contribution in [2.45, 2.75) is 25.4 Å². The molecule has 6 heteroatoms. The normalized spacial score (nSPS) is 12.8. The first-order valence-corrected chi connectivity index (χ1v) is 5.52. The number of methoxy groups -OCH3 is 2. The average Bonchev–Trinajstić information content (AvgIpc) is 2.06. The Hall–Kier alpha value is -0.170. The molecule has 0 aliphatic carbocycles. The number of hydrogen-bond donors (Lipinski definition) is 1. The van der Waals surface area contributed by atoms with Gasteiger partial charge in [-0.25, -0.2) is 13.1 Å². The number of rotatable bonds is 6. The van der Waals surface area contributed by atoms with Gasteiger partial charge in [-0.1, -0.05) is 0 Å². The molecule has 0 aliphatic rings. The van der Waals surface area contributed by atoms with E-state index in [0.29, 0.717) is 0 Å². The van der Waals surface area contributed by atoms with Crippen molar-refractivity contribution < 1.29 is 17.9 Å². The van der Waals surface area contributed by atoms with Crippen molar-refractivity contribution in [3.8, 4) is 0 Å². The summed E-state index contributed by atoms with van der Waals surface area (Å²) < 4.78 is 34.5. The van der Waals surface area contributed by atoms with Gasteiger partial charge >= 0.3 is 0 Å². The van der Waals surface area contributed by atoms with Crippen LogP contribution in [0.3, 0.4) is 0 Å². The monoisotopic (exact) mass is 211 g/mol. The second kappa shape index (κ2) is 5.54. The molecule has 0 bridgehead atoms. The molecule has 0 aliphatic heterocycles. The summed E-state index contributed by atoms with van der Waals surface area (Å²) in [6, 6.07) is 0. The van der Waals surface area contributed by atoms with Crippen molar-refractivity contribution in [3.05, 3.63) is 0 Å². The van der Waals surface area contributed by atoms with E-state index in [-0.39, 0.29) is 6.54 Å². The molecule has 0 aromatic rings. The fourth-order valence-corrected chi connectivity index (χ4v) is 1.32. The molecule has 0 unspecified atom stereocenters.